The first kappa shape index (κ1) is 18.3. The monoisotopic (exact) mass is 362 g/mol. The van der Waals surface area contributed by atoms with E-state index in [0.717, 1.165) is 11.1 Å². The van der Waals surface area contributed by atoms with Crippen LogP contribution < -0.4 is 0 Å². The van der Waals surface area contributed by atoms with Gasteiger partial charge in [0.25, 0.3) is 5.91 Å². The molecule has 1 heterocycles. The van der Waals surface area contributed by atoms with Gasteiger partial charge in [-0.25, -0.2) is 4.39 Å². The van der Waals surface area contributed by atoms with Crippen LogP contribution in [0.4, 0.5) is 4.39 Å². The summed E-state index contributed by atoms with van der Waals surface area (Å²) >= 11 is 0. The van der Waals surface area contributed by atoms with Gasteiger partial charge in [0.15, 0.2) is 0 Å². The molecule has 1 amide bonds. The maximum absolute atomic E-state index is 13.1. The van der Waals surface area contributed by atoms with Crippen molar-refractivity contribution in [1.29, 1.82) is 5.26 Å². The molecule has 0 spiro atoms. The minimum absolute atomic E-state index is 0.132. The van der Waals surface area contributed by atoms with Crippen LogP contribution in [-0.2, 0) is 13.5 Å². The van der Waals surface area contributed by atoms with Gasteiger partial charge in [0, 0.05) is 26.2 Å². The van der Waals surface area contributed by atoms with E-state index in [1.54, 1.807) is 54.0 Å². The van der Waals surface area contributed by atoms with Crippen LogP contribution in [-0.4, -0.2) is 34.2 Å². The smallest absolute Gasteiger partial charge is 0.271 e. The molecule has 0 bridgehead atoms. The molecule has 3 aromatic rings. The minimum atomic E-state index is -0.312. The summed E-state index contributed by atoms with van der Waals surface area (Å²) in [5.41, 5.74) is 3.53. The Hall–Kier alpha value is -3.46. The van der Waals surface area contributed by atoms with Gasteiger partial charge in [0.2, 0.25) is 0 Å². The van der Waals surface area contributed by atoms with Crippen LogP contribution in [0.25, 0.3) is 11.3 Å². The number of hydrogen-bond acceptors (Lipinski definition) is 3. The number of aromatic nitrogens is 2. The zero-order chi connectivity index (χ0) is 19.4. The Morgan fingerprint density at radius 3 is 2.48 bits per heavy atom. The Bertz CT molecular complexity index is 985. The standard InChI is InChI=1S/C21H19FN4O/c1-25(12-11-15-3-5-16(14-23)6-4-15)21(27)20-13-19(24-26(20)2)17-7-9-18(22)10-8-17/h3-10,13H,11-12H2,1-2H3. The molecule has 5 nitrogen and oxygen atoms in total. The molecule has 0 aliphatic carbocycles. The Morgan fingerprint density at radius 1 is 1.19 bits per heavy atom. The molecule has 3 rings (SSSR count). The summed E-state index contributed by atoms with van der Waals surface area (Å²) in [4.78, 5) is 14.4. The molecule has 0 fully saturated rings. The normalized spacial score (nSPS) is 10.4. The summed E-state index contributed by atoms with van der Waals surface area (Å²) in [6.07, 6.45) is 0.691. The highest BCUT2D eigenvalue weighted by Gasteiger charge is 2.18. The third-order valence-corrected chi connectivity index (χ3v) is 4.40. The third-order valence-electron chi connectivity index (χ3n) is 4.40. The largest absolute Gasteiger partial charge is 0.340 e. The van der Waals surface area contributed by atoms with Crippen molar-refractivity contribution < 1.29 is 9.18 Å². The van der Waals surface area contributed by atoms with Crippen molar-refractivity contribution in [2.75, 3.05) is 13.6 Å². The number of aryl methyl sites for hydroxylation is 1. The number of likely N-dealkylation sites (N-methyl/N-ethyl adjacent to an activating group) is 1. The average Bonchev–Trinajstić information content (AvgIpc) is 3.08. The second kappa shape index (κ2) is 7.83. The molecular formula is C21H19FN4O. The number of amides is 1. The molecule has 1 aromatic heterocycles. The van der Waals surface area contributed by atoms with Crippen LogP contribution in [0.1, 0.15) is 21.6 Å². The van der Waals surface area contributed by atoms with E-state index in [2.05, 4.69) is 11.2 Å². The molecule has 0 saturated heterocycles. The SMILES string of the molecule is CN(CCc1ccc(C#N)cc1)C(=O)c1cc(-c2ccc(F)cc2)nn1C. The topological polar surface area (TPSA) is 61.9 Å². The lowest BCUT2D eigenvalue weighted by Crippen LogP contribution is -2.30. The highest BCUT2D eigenvalue weighted by Crippen LogP contribution is 2.20. The third kappa shape index (κ3) is 4.21. The lowest BCUT2D eigenvalue weighted by molar-refractivity contribution is 0.0786. The molecule has 0 aliphatic rings. The fourth-order valence-electron chi connectivity index (χ4n) is 2.77. The number of carbonyl (C=O) groups is 1. The minimum Gasteiger partial charge on any atom is -0.340 e. The van der Waals surface area contributed by atoms with Crippen molar-refractivity contribution >= 4 is 5.91 Å². The summed E-state index contributed by atoms with van der Waals surface area (Å²) in [5.74, 6) is -0.444. The van der Waals surface area contributed by atoms with Crippen LogP contribution in [0.15, 0.2) is 54.6 Å². The maximum atomic E-state index is 13.1. The van der Waals surface area contributed by atoms with E-state index in [9.17, 15) is 9.18 Å². The average molecular weight is 362 g/mol. The van der Waals surface area contributed by atoms with Crippen molar-refractivity contribution in [3.63, 3.8) is 0 Å². The molecule has 0 unspecified atom stereocenters. The fourth-order valence-corrected chi connectivity index (χ4v) is 2.77. The van der Waals surface area contributed by atoms with Gasteiger partial charge in [-0.3, -0.25) is 9.48 Å². The summed E-state index contributed by atoms with van der Waals surface area (Å²) in [5, 5.41) is 13.2. The van der Waals surface area contributed by atoms with Crippen molar-refractivity contribution in [3.8, 4) is 17.3 Å². The van der Waals surface area contributed by atoms with E-state index in [0.29, 0.717) is 29.9 Å². The first-order valence-electron chi connectivity index (χ1n) is 8.52. The van der Waals surface area contributed by atoms with Crippen molar-refractivity contribution in [2.45, 2.75) is 6.42 Å². The van der Waals surface area contributed by atoms with Crippen molar-refractivity contribution in [2.24, 2.45) is 7.05 Å². The zero-order valence-corrected chi connectivity index (χ0v) is 15.2. The molecule has 136 valence electrons. The molecule has 0 radical (unpaired) electrons. The quantitative estimate of drug-likeness (QED) is 0.699. The summed E-state index contributed by atoms with van der Waals surface area (Å²) < 4.78 is 14.6. The van der Waals surface area contributed by atoms with Gasteiger partial charge in [-0.1, -0.05) is 12.1 Å². The van der Waals surface area contributed by atoms with E-state index in [4.69, 9.17) is 5.26 Å². The fraction of sp³-hybridized carbons (Fsp3) is 0.190. The number of rotatable bonds is 5. The van der Waals surface area contributed by atoms with Gasteiger partial charge in [-0.2, -0.15) is 10.4 Å². The number of hydrogen-bond donors (Lipinski definition) is 0. The Morgan fingerprint density at radius 2 is 1.85 bits per heavy atom. The van der Waals surface area contributed by atoms with Gasteiger partial charge in [-0.15, -0.1) is 0 Å². The second-order valence-electron chi connectivity index (χ2n) is 6.33. The highest BCUT2D eigenvalue weighted by molar-refractivity contribution is 5.93. The van der Waals surface area contributed by atoms with Gasteiger partial charge in [0.05, 0.1) is 17.3 Å². The molecule has 0 aliphatic heterocycles. The van der Waals surface area contributed by atoms with Crippen molar-refractivity contribution in [1.82, 2.24) is 14.7 Å². The lowest BCUT2D eigenvalue weighted by atomic mass is 10.1. The molecule has 0 saturated carbocycles. The number of carbonyl (C=O) groups excluding carboxylic acids is 1. The van der Waals surface area contributed by atoms with Crippen LogP contribution in [0, 0.1) is 17.1 Å². The number of nitriles is 1. The molecule has 0 atom stereocenters. The van der Waals surface area contributed by atoms with Crippen molar-refractivity contribution in [3.05, 3.63) is 77.2 Å². The predicted octanol–water partition coefficient (Wildman–Crippen LogP) is 3.41. The van der Waals surface area contributed by atoms with E-state index in [1.165, 1.54) is 12.1 Å². The van der Waals surface area contributed by atoms with E-state index in [1.807, 2.05) is 12.1 Å². The molecule has 27 heavy (non-hydrogen) atoms. The van der Waals surface area contributed by atoms with Crippen LogP contribution in [0.2, 0.25) is 0 Å². The van der Waals surface area contributed by atoms with Crippen LogP contribution in [0.3, 0.4) is 0 Å². The van der Waals surface area contributed by atoms with Gasteiger partial charge in [0.1, 0.15) is 11.5 Å². The molecule has 2 aromatic carbocycles. The highest BCUT2D eigenvalue weighted by atomic mass is 19.1. The molecular weight excluding hydrogens is 343 g/mol. The number of halogens is 1. The first-order chi connectivity index (χ1) is 13.0. The van der Waals surface area contributed by atoms with E-state index in [-0.39, 0.29) is 11.7 Å². The van der Waals surface area contributed by atoms with Crippen LogP contribution >= 0.6 is 0 Å². The van der Waals surface area contributed by atoms with Gasteiger partial charge >= 0.3 is 0 Å². The molecule has 6 heteroatoms. The summed E-state index contributed by atoms with van der Waals surface area (Å²) in [6.45, 7) is 0.543. The zero-order valence-electron chi connectivity index (χ0n) is 15.2. The Balaban J connectivity index is 1.69. The Kier molecular flexibility index (Phi) is 5.32. The molecule has 0 N–H and O–H groups in total. The number of benzene rings is 2. The lowest BCUT2D eigenvalue weighted by Gasteiger charge is -2.17. The predicted molar refractivity (Wildman–Crippen MR) is 100 cm³/mol. The second-order valence-corrected chi connectivity index (χ2v) is 6.33. The maximum Gasteiger partial charge on any atom is 0.271 e. The van der Waals surface area contributed by atoms with E-state index >= 15 is 0 Å². The van der Waals surface area contributed by atoms with Gasteiger partial charge in [-0.05, 0) is 54.4 Å². The Labute approximate surface area is 157 Å². The van der Waals surface area contributed by atoms with E-state index < -0.39 is 0 Å². The summed E-state index contributed by atoms with van der Waals surface area (Å²) in [7, 11) is 3.46. The summed E-state index contributed by atoms with van der Waals surface area (Å²) in [6, 6.07) is 17.2. The number of nitrogens with zero attached hydrogens (tertiary/aromatic N) is 4. The van der Waals surface area contributed by atoms with Crippen LogP contribution in [0.5, 0.6) is 0 Å². The first-order valence-corrected chi connectivity index (χ1v) is 8.52. The van der Waals surface area contributed by atoms with Gasteiger partial charge < -0.3 is 4.90 Å².